The molecule has 0 unspecified atom stereocenters. The number of hydrogen-bond donors (Lipinski definition) is 0. The summed E-state index contributed by atoms with van der Waals surface area (Å²) in [7, 11) is 0. The van der Waals surface area contributed by atoms with E-state index in [4.69, 9.17) is 0 Å². The molecule has 0 saturated heterocycles. The van der Waals surface area contributed by atoms with E-state index in [9.17, 15) is 22.8 Å². The predicted molar refractivity (Wildman–Crippen MR) is 94.4 cm³/mol. The molecule has 0 fully saturated rings. The fourth-order valence-electron chi connectivity index (χ4n) is 2.80. The van der Waals surface area contributed by atoms with E-state index in [1.54, 1.807) is 16.7 Å². The molecular formula is C18H17F3N2O2S. The van der Waals surface area contributed by atoms with Gasteiger partial charge in [-0.15, -0.1) is 11.8 Å². The molecule has 2 heterocycles. The van der Waals surface area contributed by atoms with Gasteiger partial charge in [-0.1, -0.05) is 19.1 Å². The minimum absolute atomic E-state index is 0.310. The standard InChI is InChI=1S/C18H17F3N2O2S/c1-12-8-9-23(14-4-2-3-5-15(14)26-12)17(25)11-22-10-13(18(19,20)21)6-7-16(22)24/h2-7,10,12H,8-9,11H2,1H3/t12-/m1/s1. The van der Waals surface area contributed by atoms with Crippen LogP contribution in [0.15, 0.2) is 52.3 Å². The maximum Gasteiger partial charge on any atom is 0.417 e. The number of carbonyl (C=O) groups is 1. The number of hydrogen-bond acceptors (Lipinski definition) is 3. The van der Waals surface area contributed by atoms with Crippen LogP contribution in [0, 0.1) is 0 Å². The number of rotatable bonds is 2. The number of amides is 1. The molecule has 1 aliphatic rings. The Morgan fingerprint density at radius 3 is 2.69 bits per heavy atom. The lowest BCUT2D eigenvalue weighted by Crippen LogP contribution is -2.37. The first kappa shape index (κ1) is 18.6. The van der Waals surface area contributed by atoms with E-state index in [0.29, 0.717) is 18.0 Å². The van der Waals surface area contributed by atoms with Crippen molar-refractivity contribution in [2.24, 2.45) is 0 Å². The molecule has 1 atom stereocenters. The van der Waals surface area contributed by atoms with Crippen molar-refractivity contribution >= 4 is 23.4 Å². The lowest BCUT2D eigenvalue weighted by atomic mass is 10.2. The SMILES string of the molecule is C[C@@H]1CCN(C(=O)Cn2cc(C(F)(F)F)ccc2=O)c2ccccc2S1. The smallest absolute Gasteiger partial charge is 0.310 e. The Balaban J connectivity index is 1.90. The molecule has 8 heteroatoms. The molecule has 0 radical (unpaired) electrons. The largest absolute Gasteiger partial charge is 0.417 e. The number of benzene rings is 1. The van der Waals surface area contributed by atoms with E-state index >= 15 is 0 Å². The highest BCUT2D eigenvalue weighted by Crippen LogP contribution is 2.37. The van der Waals surface area contributed by atoms with Crippen LogP contribution in [0.1, 0.15) is 18.9 Å². The molecule has 0 N–H and O–H groups in total. The van der Waals surface area contributed by atoms with E-state index in [1.165, 1.54) is 0 Å². The van der Waals surface area contributed by atoms with Gasteiger partial charge in [-0.25, -0.2) is 0 Å². The zero-order chi connectivity index (χ0) is 18.9. The highest BCUT2D eigenvalue weighted by atomic mass is 32.2. The van der Waals surface area contributed by atoms with Gasteiger partial charge < -0.3 is 9.47 Å². The van der Waals surface area contributed by atoms with Crippen LogP contribution in [0.3, 0.4) is 0 Å². The van der Waals surface area contributed by atoms with E-state index in [2.05, 4.69) is 6.92 Å². The summed E-state index contributed by atoms with van der Waals surface area (Å²) in [6, 6.07) is 8.98. The lowest BCUT2D eigenvalue weighted by molar-refractivity contribution is -0.138. The molecule has 1 aliphatic heterocycles. The molecule has 138 valence electrons. The van der Waals surface area contributed by atoms with Gasteiger partial charge >= 0.3 is 6.18 Å². The highest BCUT2D eigenvalue weighted by molar-refractivity contribution is 8.00. The topological polar surface area (TPSA) is 42.3 Å². The number of pyridine rings is 1. The van der Waals surface area contributed by atoms with Crippen molar-refractivity contribution in [3.05, 3.63) is 58.5 Å². The Labute approximate surface area is 152 Å². The molecule has 4 nitrogen and oxygen atoms in total. The minimum atomic E-state index is -4.57. The molecule has 3 rings (SSSR count). The molecule has 1 aromatic heterocycles. The van der Waals surface area contributed by atoms with Gasteiger partial charge in [0.15, 0.2) is 0 Å². The predicted octanol–water partition coefficient (Wildman–Crippen LogP) is 3.78. The van der Waals surface area contributed by atoms with Crippen LogP contribution < -0.4 is 10.5 Å². The average Bonchev–Trinajstić information content (AvgIpc) is 2.74. The molecule has 0 bridgehead atoms. The van der Waals surface area contributed by atoms with Gasteiger partial charge in [-0.2, -0.15) is 13.2 Å². The fraction of sp³-hybridized carbons (Fsp3) is 0.333. The summed E-state index contributed by atoms with van der Waals surface area (Å²) in [4.78, 5) is 27.2. The van der Waals surface area contributed by atoms with Gasteiger partial charge in [-0.3, -0.25) is 9.59 Å². The maximum atomic E-state index is 12.9. The molecule has 1 amide bonds. The second-order valence-electron chi connectivity index (χ2n) is 6.11. The fourth-order valence-corrected chi connectivity index (χ4v) is 3.91. The summed E-state index contributed by atoms with van der Waals surface area (Å²) in [6.07, 6.45) is -3.12. The molecule has 0 spiro atoms. The lowest BCUT2D eigenvalue weighted by Gasteiger charge is -2.23. The quantitative estimate of drug-likeness (QED) is 0.794. The molecule has 2 aromatic rings. The number of halogens is 3. The summed E-state index contributed by atoms with van der Waals surface area (Å²) >= 11 is 1.66. The van der Waals surface area contributed by atoms with Crippen LogP contribution in [0.25, 0.3) is 0 Å². The van der Waals surface area contributed by atoms with Crippen LogP contribution in [-0.2, 0) is 17.5 Å². The van der Waals surface area contributed by atoms with E-state index in [0.717, 1.165) is 33.7 Å². The van der Waals surface area contributed by atoms with Gasteiger partial charge in [-0.05, 0) is 24.6 Å². The number of fused-ring (bicyclic) bond motifs is 1. The second-order valence-corrected chi connectivity index (χ2v) is 7.59. The summed E-state index contributed by atoms with van der Waals surface area (Å²) in [5.41, 5.74) is -0.866. The summed E-state index contributed by atoms with van der Waals surface area (Å²) in [5, 5.41) is 0.310. The van der Waals surface area contributed by atoms with Crippen molar-refractivity contribution in [1.82, 2.24) is 4.57 Å². The Hall–Kier alpha value is -2.22. The molecule has 0 aliphatic carbocycles. The van der Waals surface area contributed by atoms with Crippen LogP contribution in [-0.4, -0.2) is 22.3 Å². The Kier molecular flexibility index (Phi) is 5.13. The first-order valence-corrected chi connectivity index (χ1v) is 8.97. The first-order valence-electron chi connectivity index (χ1n) is 8.09. The second kappa shape index (κ2) is 7.19. The number of aromatic nitrogens is 1. The maximum absolute atomic E-state index is 12.9. The zero-order valence-corrected chi connectivity index (χ0v) is 14.8. The Morgan fingerprint density at radius 1 is 1.23 bits per heavy atom. The van der Waals surface area contributed by atoms with E-state index < -0.39 is 29.8 Å². The number of alkyl halides is 3. The van der Waals surface area contributed by atoms with Crippen LogP contribution in [0.5, 0.6) is 0 Å². The third kappa shape index (κ3) is 3.95. The molecule has 26 heavy (non-hydrogen) atoms. The third-order valence-electron chi connectivity index (χ3n) is 4.16. The third-order valence-corrected chi connectivity index (χ3v) is 5.40. The summed E-state index contributed by atoms with van der Waals surface area (Å²) < 4.78 is 39.4. The minimum Gasteiger partial charge on any atom is -0.310 e. The Morgan fingerprint density at radius 2 is 1.96 bits per heavy atom. The van der Waals surface area contributed by atoms with Gasteiger partial charge in [0.25, 0.3) is 5.56 Å². The van der Waals surface area contributed by atoms with Crippen LogP contribution in [0.2, 0.25) is 0 Å². The number of carbonyl (C=O) groups excluding carboxylic acids is 1. The van der Waals surface area contributed by atoms with Crippen LogP contribution in [0.4, 0.5) is 18.9 Å². The zero-order valence-electron chi connectivity index (χ0n) is 14.0. The van der Waals surface area contributed by atoms with E-state index in [-0.39, 0.29) is 0 Å². The van der Waals surface area contributed by atoms with Gasteiger partial charge in [0, 0.05) is 29.0 Å². The van der Waals surface area contributed by atoms with Crippen molar-refractivity contribution in [3.63, 3.8) is 0 Å². The van der Waals surface area contributed by atoms with Crippen molar-refractivity contribution in [3.8, 4) is 0 Å². The summed E-state index contributed by atoms with van der Waals surface area (Å²) in [5.74, 6) is -0.409. The number of para-hydroxylation sites is 1. The monoisotopic (exact) mass is 382 g/mol. The number of anilines is 1. The van der Waals surface area contributed by atoms with E-state index in [1.807, 2.05) is 24.3 Å². The molecular weight excluding hydrogens is 365 g/mol. The normalized spacial score (nSPS) is 17.5. The van der Waals surface area contributed by atoms with Crippen molar-refractivity contribution in [2.75, 3.05) is 11.4 Å². The Bertz CT molecular complexity index is 879. The first-order chi connectivity index (χ1) is 12.3. The van der Waals surface area contributed by atoms with Gasteiger partial charge in [0.05, 0.1) is 11.3 Å². The van der Waals surface area contributed by atoms with Crippen molar-refractivity contribution in [1.29, 1.82) is 0 Å². The van der Waals surface area contributed by atoms with Crippen molar-refractivity contribution in [2.45, 2.75) is 36.2 Å². The molecule has 1 aromatic carbocycles. The number of nitrogens with zero attached hydrogens (tertiary/aromatic N) is 2. The van der Waals surface area contributed by atoms with Gasteiger partial charge in [0.2, 0.25) is 5.91 Å². The highest BCUT2D eigenvalue weighted by Gasteiger charge is 2.31. The van der Waals surface area contributed by atoms with Gasteiger partial charge in [0.1, 0.15) is 6.54 Å². The average molecular weight is 382 g/mol. The van der Waals surface area contributed by atoms with Crippen molar-refractivity contribution < 1.29 is 18.0 Å². The molecule has 0 saturated carbocycles. The summed E-state index contributed by atoms with van der Waals surface area (Å²) in [6.45, 7) is 2.08. The number of thioether (sulfide) groups is 1. The van der Waals surface area contributed by atoms with Crippen LogP contribution >= 0.6 is 11.8 Å².